The molecule has 0 bridgehead atoms. The Morgan fingerprint density at radius 2 is 1.97 bits per heavy atom. The number of allylic oxidation sites excluding steroid dienone is 2. The molecule has 1 fully saturated rings. The van der Waals surface area contributed by atoms with Crippen LogP contribution in [0.3, 0.4) is 0 Å². The summed E-state index contributed by atoms with van der Waals surface area (Å²) in [5, 5.41) is 0. The minimum atomic E-state index is -3.58. The van der Waals surface area contributed by atoms with E-state index in [0.717, 1.165) is 5.69 Å². The van der Waals surface area contributed by atoms with Crippen molar-refractivity contribution in [3.8, 4) is 0 Å². The molecule has 158 valence electrons. The highest BCUT2D eigenvalue weighted by Gasteiger charge is 2.20. The maximum Gasteiger partial charge on any atom is 0.182 e. The molecule has 0 amide bonds. The van der Waals surface area contributed by atoms with Gasteiger partial charge < -0.3 is 15.4 Å². The van der Waals surface area contributed by atoms with Crippen LogP contribution in [0.2, 0.25) is 0 Å². The Morgan fingerprint density at radius 3 is 2.60 bits per heavy atom. The third-order valence-corrected chi connectivity index (χ3v) is 6.36. The van der Waals surface area contributed by atoms with E-state index in [2.05, 4.69) is 21.5 Å². The van der Waals surface area contributed by atoms with E-state index in [1.807, 2.05) is 6.07 Å². The lowest BCUT2D eigenvalue weighted by Crippen LogP contribution is -2.36. The molecule has 7 nitrogen and oxygen atoms in total. The number of hydrogen-bond acceptors (Lipinski definition) is 6. The van der Waals surface area contributed by atoms with Crippen molar-refractivity contribution in [2.45, 2.75) is 17.6 Å². The van der Waals surface area contributed by atoms with E-state index in [9.17, 15) is 8.42 Å². The molecule has 3 rings (SSSR count). The number of nitrogens with zero attached hydrogens (tertiary/aromatic N) is 3. The van der Waals surface area contributed by atoms with Crippen molar-refractivity contribution < 1.29 is 13.2 Å². The number of pyridine rings is 1. The van der Waals surface area contributed by atoms with Gasteiger partial charge in [0.25, 0.3) is 0 Å². The Hall–Kier alpha value is -2.97. The predicted octanol–water partition coefficient (Wildman–Crippen LogP) is 2.80. The molecule has 0 aliphatic carbocycles. The number of aliphatic imine (C=N–C) groups is 1. The summed E-state index contributed by atoms with van der Waals surface area (Å²) in [5.74, 6) is 0.304. The molecule has 2 aromatic rings. The average molecular weight is 427 g/mol. The number of rotatable bonds is 7. The van der Waals surface area contributed by atoms with E-state index in [-0.39, 0.29) is 10.6 Å². The van der Waals surface area contributed by atoms with E-state index >= 15 is 0 Å². The van der Waals surface area contributed by atoms with Crippen LogP contribution in [0.5, 0.6) is 0 Å². The van der Waals surface area contributed by atoms with Crippen molar-refractivity contribution >= 4 is 26.9 Å². The number of sulfone groups is 1. The van der Waals surface area contributed by atoms with Gasteiger partial charge in [0, 0.05) is 37.4 Å². The largest absolute Gasteiger partial charge is 0.387 e. The van der Waals surface area contributed by atoms with Gasteiger partial charge in [-0.05, 0) is 54.0 Å². The number of hydrogen-bond donors (Lipinski definition) is 1. The van der Waals surface area contributed by atoms with Crippen molar-refractivity contribution in [3.05, 3.63) is 72.7 Å². The van der Waals surface area contributed by atoms with Crippen LogP contribution < -0.4 is 10.6 Å². The van der Waals surface area contributed by atoms with Crippen LogP contribution in [0.4, 0.5) is 5.69 Å². The Morgan fingerprint density at radius 1 is 1.27 bits per heavy atom. The van der Waals surface area contributed by atoms with Gasteiger partial charge in [-0.3, -0.25) is 4.98 Å². The average Bonchev–Trinajstić information content (AvgIpc) is 2.75. The fraction of sp³-hybridized carbons (Fsp3) is 0.273. The SMILES string of the molecule is C=C/C(=C\N=C(/C)N)c1cc(N2CCOCC2)cc(S(=O)(=O)Cc2ccncc2)c1. The van der Waals surface area contributed by atoms with E-state index in [4.69, 9.17) is 10.5 Å². The molecule has 0 unspecified atom stereocenters. The van der Waals surface area contributed by atoms with Crippen LogP contribution in [0.15, 0.2) is 71.5 Å². The van der Waals surface area contributed by atoms with Gasteiger partial charge in [-0.1, -0.05) is 12.7 Å². The smallest absolute Gasteiger partial charge is 0.182 e. The number of morpholine rings is 1. The molecule has 1 aliphatic rings. The molecule has 30 heavy (non-hydrogen) atoms. The summed E-state index contributed by atoms with van der Waals surface area (Å²) >= 11 is 0. The van der Waals surface area contributed by atoms with E-state index in [0.29, 0.717) is 48.8 Å². The maximum atomic E-state index is 13.2. The lowest BCUT2D eigenvalue weighted by molar-refractivity contribution is 0.122. The number of aromatic nitrogens is 1. The molecule has 2 N–H and O–H groups in total. The summed E-state index contributed by atoms with van der Waals surface area (Å²) in [7, 11) is -3.58. The van der Waals surface area contributed by atoms with Crippen LogP contribution in [0.1, 0.15) is 18.1 Å². The van der Waals surface area contributed by atoms with Crippen molar-refractivity contribution in [1.82, 2.24) is 4.98 Å². The lowest BCUT2D eigenvalue weighted by atomic mass is 10.1. The second kappa shape index (κ2) is 9.69. The van der Waals surface area contributed by atoms with Crippen LogP contribution in [-0.2, 0) is 20.3 Å². The van der Waals surface area contributed by atoms with Gasteiger partial charge in [-0.25, -0.2) is 13.4 Å². The van der Waals surface area contributed by atoms with Gasteiger partial charge in [0.05, 0.1) is 29.7 Å². The molecule has 0 spiro atoms. The van der Waals surface area contributed by atoms with Gasteiger partial charge in [0.15, 0.2) is 9.84 Å². The zero-order valence-corrected chi connectivity index (χ0v) is 17.8. The highest BCUT2D eigenvalue weighted by molar-refractivity contribution is 7.90. The second-order valence-corrected chi connectivity index (χ2v) is 8.98. The zero-order chi connectivity index (χ0) is 21.6. The first kappa shape index (κ1) is 21.7. The van der Waals surface area contributed by atoms with E-state index in [1.165, 1.54) is 0 Å². The van der Waals surface area contributed by atoms with Crippen LogP contribution in [0.25, 0.3) is 5.57 Å². The summed E-state index contributed by atoms with van der Waals surface area (Å²) in [5.41, 5.74) is 8.57. The van der Waals surface area contributed by atoms with E-state index in [1.54, 1.807) is 55.9 Å². The minimum absolute atomic E-state index is 0.102. The van der Waals surface area contributed by atoms with Crippen LogP contribution in [0, 0.1) is 0 Å². The summed E-state index contributed by atoms with van der Waals surface area (Å²) in [4.78, 5) is 10.5. The summed E-state index contributed by atoms with van der Waals surface area (Å²) < 4.78 is 31.9. The Kier molecular flexibility index (Phi) is 7.02. The summed E-state index contributed by atoms with van der Waals surface area (Å²) in [6, 6.07) is 8.75. The topological polar surface area (TPSA) is 97.9 Å². The molecule has 2 heterocycles. The molecule has 8 heteroatoms. The third-order valence-electron chi connectivity index (χ3n) is 4.69. The molecule has 0 radical (unpaired) electrons. The fourth-order valence-electron chi connectivity index (χ4n) is 3.13. The fourth-order valence-corrected chi connectivity index (χ4v) is 4.54. The molecule has 1 aliphatic heterocycles. The highest BCUT2D eigenvalue weighted by atomic mass is 32.2. The zero-order valence-electron chi connectivity index (χ0n) is 17.0. The third kappa shape index (κ3) is 5.55. The van der Waals surface area contributed by atoms with E-state index < -0.39 is 9.84 Å². The first-order chi connectivity index (χ1) is 14.4. The quantitative estimate of drug-likeness (QED) is 0.415. The maximum absolute atomic E-state index is 13.2. The van der Waals surface area contributed by atoms with Gasteiger partial charge in [-0.15, -0.1) is 0 Å². The number of anilines is 1. The molecule has 0 atom stereocenters. The predicted molar refractivity (Wildman–Crippen MR) is 120 cm³/mol. The molecular weight excluding hydrogens is 400 g/mol. The Bertz CT molecular complexity index is 1050. The number of ether oxygens (including phenoxy) is 1. The van der Waals surface area contributed by atoms with Crippen molar-refractivity contribution in [2.75, 3.05) is 31.2 Å². The Labute approximate surface area is 177 Å². The molecule has 1 aromatic carbocycles. The van der Waals surface area contributed by atoms with Crippen molar-refractivity contribution in [2.24, 2.45) is 10.7 Å². The molecule has 1 saturated heterocycles. The van der Waals surface area contributed by atoms with Crippen LogP contribution in [-0.4, -0.2) is 45.5 Å². The number of benzene rings is 1. The lowest BCUT2D eigenvalue weighted by Gasteiger charge is -2.29. The van der Waals surface area contributed by atoms with Crippen LogP contribution >= 0.6 is 0 Å². The monoisotopic (exact) mass is 426 g/mol. The second-order valence-electron chi connectivity index (χ2n) is 6.99. The normalized spacial score (nSPS) is 15.8. The molecular formula is C22H26N4O3S. The van der Waals surface area contributed by atoms with Gasteiger partial charge in [0.1, 0.15) is 0 Å². The minimum Gasteiger partial charge on any atom is -0.387 e. The molecule has 0 saturated carbocycles. The molecule has 1 aromatic heterocycles. The van der Waals surface area contributed by atoms with Crippen molar-refractivity contribution in [3.63, 3.8) is 0 Å². The summed E-state index contributed by atoms with van der Waals surface area (Å²) in [6.07, 6.45) is 6.42. The summed E-state index contributed by atoms with van der Waals surface area (Å²) in [6.45, 7) is 8.13. The Balaban J connectivity index is 2.08. The highest BCUT2D eigenvalue weighted by Crippen LogP contribution is 2.29. The first-order valence-electron chi connectivity index (χ1n) is 9.61. The number of amidine groups is 1. The van der Waals surface area contributed by atoms with Gasteiger partial charge in [-0.2, -0.15) is 0 Å². The van der Waals surface area contributed by atoms with Crippen molar-refractivity contribution in [1.29, 1.82) is 0 Å². The first-order valence-corrected chi connectivity index (χ1v) is 11.3. The standard InChI is InChI=1S/C22H26N4O3S/c1-3-19(15-25-17(2)23)20-12-21(26-8-10-29-11-9-26)14-22(13-20)30(27,28)16-18-4-6-24-7-5-18/h3-7,12-15H,1,8-11,16H2,2H3,(H2,23,25)/b19-15+. The van der Waals surface area contributed by atoms with Gasteiger partial charge >= 0.3 is 0 Å². The number of nitrogens with two attached hydrogens (primary N) is 1. The van der Waals surface area contributed by atoms with Gasteiger partial charge in [0.2, 0.25) is 0 Å².